The van der Waals surface area contributed by atoms with E-state index in [2.05, 4.69) is 0 Å². The molecule has 118 valence electrons. The van der Waals surface area contributed by atoms with Crippen LogP contribution in [0.25, 0.3) is 0 Å². The van der Waals surface area contributed by atoms with Crippen LogP contribution in [-0.4, -0.2) is 29.0 Å². The van der Waals surface area contributed by atoms with E-state index in [0.717, 1.165) is 5.56 Å². The third kappa shape index (κ3) is 3.62. The zero-order valence-electron chi connectivity index (χ0n) is 13.7. The molecule has 0 atom stereocenters. The van der Waals surface area contributed by atoms with Gasteiger partial charge in [-0.1, -0.05) is 32.4 Å². The van der Waals surface area contributed by atoms with E-state index in [1.165, 1.54) is 4.90 Å². The van der Waals surface area contributed by atoms with Crippen LogP contribution in [0.2, 0.25) is 0 Å². The standard InChI is InChI=1S/C18H23NO3/c1-12-7-8-14-15(10-12)17(22)19(16(14)21)9-5-6-13(20)11-18(2,3)4/h7-8,10H,5-6,9,11H2,1-4H3. The molecule has 1 heterocycles. The number of amides is 2. The van der Waals surface area contributed by atoms with Gasteiger partial charge in [-0.15, -0.1) is 0 Å². The Kier molecular flexibility index (Phi) is 4.50. The molecule has 0 aliphatic carbocycles. The van der Waals surface area contributed by atoms with Gasteiger partial charge < -0.3 is 0 Å². The van der Waals surface area contributed by atoms with Crippen molar-refractivity contribution in [3.05, 3.63) is 34.9 Å². The number of carbonyl (C=O) groups is 3. The van der Waals surface area contributed by atoms with Crippen LogP contribution in [0.5, 0.6) is 0 Å². The minimum absolute atomic E-state index is 0.0237. The van der Waals surface area contributed by atoms with Gasteiger partial charge in [0.2, 0.25) is 0 Å². The molecule has 2 amide bonds. The number of benzene rings is 1. The first-order valence-corrected chi connectivity index (χ1v) is 7.67. The molecule has 1 aliphatic heterocycles. The molecule has 1 aromatic carbocycles. The third-order valence-corrected chi connectivity index (χ3v) is 3.69. The van der Waals surface area contributed by atoms with Gasteiger partial charge in [-0.3, -0.25) is 19.3 Å². The number of nitrogens with zero attached hydrogens (tertiary/aromatic N) is 1. The van der Waals surface area contributed by atoms with Gasteiger partial charge in [-0.25, -0.2) is 0 Å². The van der Waals surface area contributed by atoms with Crippen LogP contribution in [0.3, 0.4) is 0 Å². The fourth-order valence-corrected chi connectivity index (χ4v) is 2.72. The summed E-state index contributed by atoms with van der Waals surface area (Å²) >= 11 is 0. The summed E-state index contributed by atoms with van der Waals surface area (Å²) in [5.74, 6) is -0.310. The van der Waals surface area contributed by atoms with Gasteiger partial charge in [0, 0.05) is 19.4 Å². The van der Waals surface area contributed by atoms with Crippen molar-refractivity contribution < 1.29 is 14.4 Å². The first-order chi connectivity index (χ1) is 10.2. The van der Waals surface area contributed by atoms with Crippen LogP contribution in [0.15, 0.2) is 18.2 Å². The lowest BCUT2D eigenvalue weighted by Gasteiger charge is -2.17. The quantitative estimate of drug-likeness (QED) is 0.783. The number of carbonyl (C=O) groups excluding carboxylic acids is 3. The molecule has 0 fully saturated rings. The number of imide groups is 1. The largest absolute Gasteiger partial charge is 0.300 e. The summed E-state index contributed by atoms with van der Waals surface area (Å²) in [7, 11) is 0. The van der Waals surface area contributed by atoms with Crippen molar-refractivity contribution in [2.24, 2.45) is 5.41 Å². The minimum atomic E-state index is -0.247. The zero-order valence-corrected chi connectivity index (χ0v) is 13.7. The van der Waals surface area contributed by atoms with E-state index in [1.54, 1.807) is 12.1 Å². The average molecular weight is 301 g/mol. The maximum absolute atomic E-state index is 12.3. The first kappa shape index (κ1) is 16.4. The molecule has 1 aliphatic rings. The Morgan fingerprint density at radius 2 is 1.73 bits per heavy atom. The number of aryl methyl sites for hydroxylation is 1. The smallest absolute Gasteiger partial charge is 0.261 e. The summed E-state index contributed by atoms with van der Waals surface area (Å²) in [6.07, 6.45) is 1.46. The van der Waals surface area contributed by atoms with Crippen LogP contribution < -0.4 is 0 Å². The molecule has 0 bridgehead atoms. The maximum atomic E-state index is 12.3. The summed E-state index contributed by atoms with van der Waals surface area (Å²) in [5.41, 5.74) is 1.88. The first-order valence-electron chi connectivity index (χ1n) is 7.67. The molecule has 0 radical (unpaired) electrons. The molecule has 0 aromatic heterocycles. The molecule has 0 saturated heterocycles. The van der Waals surface area contributed by atoms with E-state index in [-0.39, 0.29) is 23.0 Å². The van der Waals surface area contributed by atoms with Crippen molar-refractivity contribution >= 4 is 17.6 Å². The summed E-state index contributed by atoms with van der Waals surface area (Å²) in [4.78, 5) is 37.7. The fourth-order valence-electron chi connectivity index (χ4n) is 2.72. The zero-order chi connectivity index (χ0) is 16.5. The molecule has 0 unspecified atom stereocenters. The number of ketones is 1. The van der Waals surface area contributed by atoms with Crippen molar-refractivity contribution in [2.75, 3.05) is 6.54 Å². The Balaban J connectivity index is 1.94. The lowest BCUT2D eigenvalue weighted by atomic mass is 9.89. The second-order valence-electron chi connectivity index (χ2n) is 7.19. The highest BCUT2D eigenvalue weighted by molar-refractivity contribution is 6.21. The maximum Gasteiger partial charge on any atom is 0.261 e. The summed E-state index contributed by atoms with van der Waals surface area (Å²) in [6, 6.07) is 5.29. The third-order valence-electron chi connectivity index (χ3n) is 3.69. The van der Waals surface area contributed by atoms with Gasteiger partial charge >= 0.3 is 0 Å². The van der Waals surface area contributed by atoms with E-state index in [4.69, 9.17) is 0 Å². The van der Waals surface area contributed by atoms with Crippen molar-refractivity contribution in [2.45, 2.75) is 47.0 Å². The van der Waals surface area contributed by atoms with Crippen LogP contribution in [0, 0.1) is 12.3 Å². The molecule has 4 nitrogen and oxygen atoms in total. The van der Waals surface area contributed by atoms with Crippen molar-refractivity contribution in [1.29, 1.82) is 0 Å². The molecule has 1 aromatic rings. The van der Waals surface area contributed by atoms with Gasteiger partial charge in [0.05, 0.1) is 11.1 Å². The van der Waals surface area contributed by atoms with Crippen LogP contribution >= 0.6 is 0 Å². The molecule has 0 saturated carbocycles. The number of fused-ring (bicyclic) bond motifs is 1. The van der Waals surface area contributed by atoms with Gasteiger partial charge in [0.1, 0.15) is 5.78 Å². The number of rotatable bonds is 5. The minimum Gasteiger partial charge on any atom is -0.300 e. The average Bonchev–Trinajstić information content (AvgIpc) is 2.61. The van der Waals surface area contributed by atoms with Crippen molar-refractivity contribution in [3.8, 4) is 0 Å². The van der Waals surface area contributed by atoms with Gasteiger partial charge in [0.25, 0.3) is 11.8 Å². The van der Waals surface area contributed by atoms with Crippen molar-refractivity contribution in [1.82, 2.24) is 4.90 Å². The highest BCUT2D eigenvalue weighted by Crippen LogP contribution is 2.25. The lowest BCUT2D eigenvalue weighted by Crippen LogP contribution is -2.31. The van der Waals surface area contributed by atoms with E-state index >= 15 is 0 Å². The van der Waals surface area contributed by atoms with E-state index in [1.807, 2.05) is 33.8 Å². The molecule has 0 spiro atoms. The number of hydrogen-bond donors (Lipinski definition) is 0. The predicted octanol–water partition coefficient (Wildman–Crippen LogP) is 3.38. The second kappa shape index (κ2) is 6.03. The molecular weight excluding hydrogens is 278 g/mol. The summed E-state index contributed by atoms with van der Waals surface area (Å²) in [5, 5.41) is 0. The Bertz CT molecular complexity index is 626. The van der Waals surface area contributed by atoms with E-state index in [0.29, 0.717) is 36.9 Å². The Morgan fingerprint density at radius 3 is 2.36 bits per heavy atom. The Morgan fingerprint density at radius 1 is 1.09 bits per heavy atom. The van der Waals surface area contributed by atoms with Crippen LogP contribution in [0.4, 0.5) is 0 Å². The monoisotopic (exact) mass is 301 g/mol. The molecule has 0 N–H and O–H groups in total. The van der Waals surface area contributed by atoms with Crippen molar-refractivity contribution in [3.63, 3.8) is 0 Å². The highest BCUT2D eigenvalue weighted by Gasteiger charge is 2.35. The number of Topliss-reactive ketones (excluding diaryl/α,β-unsaturated/α-hetero) is 1. The molecular formula is C18H23NO3. The van der Waals surface area contributed by atoms with E-state index in [9.17, 15) is 14.4 Å². The topological polar surface area (TPSA) is 54.5 Å². The van der Waals surface area contributed by atoms with E-state index < -0.39 is 0 Å². The Hall–Kier alpha value is -1.97. The molecule has 2 rings (SSSR count). The van der Waals surface area contributed by atoms with Gasteiger partial charge in [0.15, 0.2) is 0 Å². The van der Waals surface area contributed by atoms with Gasteiger partial charge in [-0.2, -0.15) is 0 Å². The normalized spacial score (nSPS) is 14.5. The SMILES string of the molecule is Cc1ccc2c(c1)C(=O)N(CCCC(=O)CC(C)(C)C)C2=O. The lowest BCUT2D eigenvalue weighted by molar-refractivity contribution is -0.120. The highest BCUT2D eigenvalue weighted by atomic mass is 16.2. The second-order valence-corrected chi connectivity index (χ2v) is 7.19. The van der Waals surface area contributed by atoms with Crippen LogP contribution in [0.1, 0.15) is 66.3 Å². The van der Waals surface area contributed by atoms with Gasteiger partial charge in [-0.05, 0) is 30.9 Å². The summed E-state index contributed by atoms with van der Waals surface area (Å²) < 4.78 is 0. The Labute approximate surface area is 131 Å². The molecule has 22 heavy (non-hydrogen) atoms. The number of hydrogen-bond acceptors (Lipinski definition) is 3. The summed E-state index contributed by atoms with van der Waals surface area (Å²) in [6.45, 7) is 8.28. The fraction of sp³-hybridized carbons (Fsp3) is 0.500. The molecule has 4 heteroatoms. The van der Waals surface area contributed by atoms with Crippen LogP contribution in [-0.2, 0) is 4.79 Å². The predicted molar refractivity (Wildman–Crippen MR) is 84.9 cm³/mol.